The van der Waals surface area contributed by atoms with Gasteiger partial charge in [0, 0.05) is 31.3 Å². The Kier molecular flexibility index (Phi) is 3.78. The van der Waals surface area contributed by atoms with E-state index in [1.54, 1.807) is 24.7 Å². The second kappa shape index (κ2) is 5.87. The van der Waals surface area contributed by atoms with Gasteiger partial charge in [0.1, 0.15) is 10.8 Å². The summed E-state index contributed by atoms with van der Waals surface area (Å²) in [6.07, 6.45) is 10.1. The second-order valence-corrected chi connectivity index (χ2v) is 5.11. The smallest absolute Gasteiger partial charge is 0.193 e. The maximum Gasteiger partial charge on any atom is 0.193 e. The van der Waals surface area contributed by atoms with Crippen molar-refractivity contribution in [1.29, 1.82) is 0 Å². The zero-order valence-electron chi connectivity index (χ0n) is 11.0. The molecule has 3 aromatic heterocycles. The van der Waals surface area contributed by atoms with Crippen LogP contribution < -0.4 is 5.32 Å². The summed E-state index contributed by atoms with van der Waals surface area (Å²) >= 11 is 1.41. The fourth-order valence-corrected chi connectivity index (χ4v) is 2.53. The first-order valence-electron chi connectivity index (χ1n) is 6.39. The molecule has 3 rings (SSSR count). The minimum atomic E-state index is 0.664. The molecule has 3 aromatic rings. The molecule has 0 amide bonds. The van der Waals surface area contributed by atoms with Gasteiger partial charge >= 0.3 is 0 Å². The lowest BCUT2D eigenvalue weighted by molar-refractivity contribution is 0.935. The van der Waals surface area contributed by atoms with Crippen molar-refractivity contribution in [2.24, 2.45) is 0 Å². The van der Waals surface area contributed by atoms with Crippen molar-refractivity contribution in [1.82, 2.24) is 24.3 Å². The van der Waals surface area contributed by atoms with Crippen LogP contribution in [0.5, 0.6) is 0 Å². The predicted octanol–water partition coefficient (Wildman–Crippen LogP) is 2.49. The van der Waals surface area contributed by atoms with Gasteiger partial charge in [0.2, 0.25) is 0 Å². The summed E-state index contributed by atoms with van der Waals surface area (Å²) in [6, 6.07) is 1.79. The molecule has 0 aliphatic rings. The molecule has 20 heavy (non-hydrogen) atoms. The molecule has 6 nitrogen and oxygen atoms in total. The normalized spacial score (nSPS) is 10.8. The van der Waals surface area contributed by atoms with Crippen molar-refractivity contribution in [3.63, 3.8) is 0 Å². The molecule has 0 atom stereocenters. The lowest BCUT2D eigenvalue weighted by Crippen LogP contribution is -2.04. The number of rotatable bonds is 5. The molecule has 0 aliphatic carbocycles. The summed E-state index contributed by atoms with van der Waals surface area (Å²) in [6.45, 7) is 3.01. The molecule has 0 radical (unpaired) electrons. The van der Waals surface area contributed by atoms with Gasteiger partial charge in [-0.1, -0.05) is 6.92 Å². The van der Waals surface area contributed by atoms with Crippen LogP contribution in [-0.2, 0) is 0 Å². The lowest BCUT2D eigenvalue weighted by atomic mass is 10.5. The van der Waals surface area contributed by atoms with Gasteiger partial charge in [-0.2, -0.15) is 0 Å². The monoisotopic (exact) mass is 286 g/mol. The van der Waals surface area contributed by atoms with E-state index in [1.165, 1.54) is 11.8 Å². The number of aromatic nitrogens is 5. The fraction of sp³-hybridized carbons (Fsp3) is 0.231. The van der Waals surface area contributed by atoms with Gasteiger partial charge in [0.05, 0.1) is 6.20 Å². The molecular weight excluding hydrogens is 272 g/mol. The molecule has 0 spiro atoms. The number of hydrogen-bond donors (Lipinski definition) is 1. The number of hydrogen-bond acceptors (Lipinski definition) is 6. The summed E-state index contributed by atoms with van der Waals surface area (Å²) in [5, 5.41) is 4.75. The van der Waals surface area contributed by atoms with Crippen molar-refractivity contribution < 1.29 is 0 Å². The zero-order chi connectivity index (χ0) is 13.8. The molecule has 0 saturated carbocycles. The number of anilines is 1. The van der Waals surface area contributed by atoms with Gasteiger partial charge < -0.3 is 9.72 Å². The maximum atomic E-state index is 4.59. The van der Waals surface area contributed by atoms with E-state index in [9.17, 15) is 0 Å². The van der Waals surface area contributed by atoms with E-state index in [0.717, 1.165) is 29.5 Å². The third-order valence-corrected chi connectivity index (χ3v) is 3.49. The number of imidazole rings is 1. The number of nitrogens with one attached hydrogen (secondary N) is 1. The summed E-state index contributed by atoms with van der Waals surface area (Å²) in [5.74, 6) is 0.829. The average molecular weight is 286 g/mol. The Morgan fingerprint density at radius 2 is 2.05 bits per heavy atom. The summed E-state index contributed by atoms with van der Waals surface area (Å²) < 4.78 is 1.95. The minimum absolute atomic E-state index is 0.664. The summed E-state index contributed by atoms with van der Waals surface area (Å²) in [5.41, 5.74) is 0.810. The van der Waals surface area contributed by atoms with Gasteiger partial charge in [-0.15, -0.1) is 0 Å². The van der Waals surface area contributed by atoms with Crippen LogP contribution in [0.3, 0.4) is 0 Å². The molecule has 0 aromatic carbocycles. The van der Waals surface area contributed by atoms with Crippen LogP contribution in [0.1, 0.15) is 13.3 Å². The molecule has 3 heterocycles. The molecule has 0 saturated heterocycles. The molecular formula is C13H14N6S. The highest BCUT2D eigenvalue weighted by Gasteiger charge is 2.10. The van der Waals surface area contributed by atoms with Gasteiger partial charge in [0.25, 0.3) is 0 Å². The Morgan fingerprint density at radius 1 is 1.20 bits per heavy atom. The highest BCUT2D eigenvalue weighted by atomic mass is 32.2. The number of nitrogens with zero attached hydrogens (tertiary/aromatic N) is 5. The standard InChI is InChI=1S/C13H14N6S/c1-2-4-14-10-9-19-8-7-15-11(19)12(18-10)20-13-16-5-3-6-17-13/h3,5-9,14H,2,4H2,1H3. The van der Waals surface area contributed by atoms with Crippen LogP contribution in [0.4, 0.5) is 5.82 Å². The van der Waals surface area contributed by atoms with E-state index < -0.39 is 0 Å². The van der Waals surface area contributed by atoms with Crippen LogP contribution in [0.15, 0.2) is 47.2 Å². The van der Waals surface area contributed by atoms with Crippen molar-refractivity contribution in [2.45, 2.75) is 23.5 Å². The summed E-state index contributed by atoms with van der Waals surface area (Å²) in [7, 11) is 0. The molecule has 0 fully saturated rings. The van der Waals surface area contributed by atoms with E-state index in [-0.39, 0.29) is 0 Å². The van der Waals surface area contributed by atoms with Gasteiger partial charge in [-0.3, -0.25) is 0 Å². The maximum absolute atomic E-state index is 4.59. The van der Waals surface area contributed by atoms with Gasteiger partial charge in [-0.25, -0.2) is 19.9 Å². The average Bonchev–Trinajstić information content (AvgIpc) is 2.95. The quantitative estimate of drug-likeness (QED) is 0.727. The first kappa shape index (κ1) is 12.9. The van der Waals surface area contributed by atoms with Crippen LogP contribution in [0, 0.1) is 0 Å². The molecule has 0 unspecified atom stereocenters. The first-order valence-corrected chi connectivity index (χ1v) is 7.21. The Balaban J connectivity index is 1.97. The molecule has 0 bridgehead atoms. The van der Waals surface area contributed by atoms with Crippen molar-refractivity contribution in [3.8, 4) is 0 Å². The Hall–Kier alpha value is -2.15. The molecule has 102 valence electrons. The molecule has 0 aliphatic heterocycles. The second-order valence-electron chi connectivity index (χ2n) is 4.15. The van der Waals surface area contributed by atoms with Crippen LogP contribution in [0.2, 0.25) is 0 Å². The summed E-state index contributed by atoms with van der Waals surface area (Å²) in [4.78, 5) is 17.3. The third kappa shape index (κ3) is 2.72. The van der Waals surface area contributed by atoms with Crippen LogP contribution >= 0.6 is 11.8 Å². The minimum Gasteiger partial charge on any atom is -0.369 e. The van der Waals surface area contributed by atoms with E-state index >= 15 is 0 Å². The highest BCUT2D eigenvalue weighted by molar-refractivity contribution is 7.99. The fourth-order valence-electron chi connectivity index (χ4n) is 1.73. The highest BCUT2D eigenvalue weighted by Crippen LogP contribution is 2.26. The van der Waals surface area contributed by atoms with Crippen LogP contribution in [-0.4, -0.2) is 30.9 Å². The topological polar surface area (TPSA) is 68.0 Å². The Morgan fingerprint density at radius 3 is 2.85 bits per heavy atom. The molecule has 7 heteroatoms. The van der Waals surface area contributed by atoms with E-state index in [0.29, 0.717) is 5.16 Å². The van der Waals surface area contributed by atoms with Gasteiger partial charge in [-0.05, 0) is 24.2 Å². The Labute approximate surface area is 120 Å². The van der Waals surface area contributed by atoms with Crippen LogP contribution in [0.25, 0.3) is 5.65 Å². The van der Waals surface area contributed by atoms with Crippen molar-refractivity contribution in [2.75, 3.05) is 11.9 Å². The van der Waals surface area contributed by atoms with E-state index in [4.69, 9.17) is 0 Å². The van der Waals surface area contributed by atoms with E-state index in [2.05, 4.69) is 32.2 Å². The SMILES string of the molecule is CCCNc1cn2ccnc2c(Sc2ncccn2)n1. The largest absolute Gasteiger partial charge is 0.369 e. The molecule has 1 N–H and O–H groups in total. The lowest BCUT2D eigenvalue weighted by Gasteiger charge is -2.07. The predicted molar refractivity (Wildman–Crippen MR) is 77.9 cm³/mol. The first-order chi connectivity index (χ1) is 9.86. The Bertz CT molecular complexity index is 696. The number of fused-ring (bicyclic) bond motifs is 1. The van der Waals surface area contributed by atoms with E-state index in [1.807, 2.05) is 16.8 Å². The van der Waals surface area contributed by atoms with Crippen molar-refractivity contribution in [3.05, 3.63) is 37.1 Å². The third-order valence-electron chi connectivity index (χ3n) is 2.63. The van der Waals surface area contributed by atoms with Crippen molar-refractivity contribution >= 4 is 23.2 Å². The van der Waals surface area contributed by atoms with Gasteiger partial charge in [0.15, 0.2) is 10.8 Å². The zero-order valence-corrected chi connectivity index (χ0v) is 11.8.